The normalized spacial score (nSPS) is 26.7. The van der Waals surface area contributed by atoms with Crippen molar-refractivity contribution >= 4 is 11.8 Å². The second-order valence-electron chi connectivity index (χ2n) is 6.70. The number of hydrogen-bond donors (Lipinski definition) is 1. The second kappa shape index (κ2) is 6.31. The molecule has 1 spiro atoms. The van der Waals surface area contributed by atoms with E-state index in [1.54, 1.807) is 0 Å². The van der Waals surface area contributed by atoms with Crippen molar-refractivity contribution in [3.8, 4) is 0 Å². The van der Waals surface area contributed by atoms with Crippen LogP contribution in [0.3, 0.4) is 0 Å². The fraction of sp³-hybridized carbons (Fsp3) is 0.667. The van der Waals surface area contributed by atoms with Crippen molar-refractivity contribution < 1.29 is 9.84 Å². The maximum Gasteiger partial charge on any atom is 0.0822 e. The Kier molecular flexibility index (Phi) is 4.63. The minimum atomic E-state index is -0.347. The molecule has 2 fully saturated rings. The summed E-state index contributed by atoms with van der Waals surface area (Å²) in [5.74, 6) is 2.74. The molecule has 0 bridgehead atoms. The third-order valence-electron chi connectivity index (χ3n) is 5.14. The van der Waals surface area contributed by atoms with E-state index in [-0.39, 0.29) is 11.7 Å². The van der Waals surface area contributed by atoms with Gasteiger partial charge in [0.1, 0.15) is 0 Å². The van der Waals surface area contributed by atoms with E-state index in [1.807, 2.05) is 11.8 Å². The summed E-state index contributed by atoms with van der Waals surface area (Å²) in [4.78, 5) is 0. The highest BCUT2D eigenvalue weighted by atomic mass is 32.2. The number of aliphatic hydroxyl groups excluding tert-OH is 1. The number of rotatable bonds is 2. The Morgan fingerprint density at radius 1 is 1.29 bits per heavy atom. The Labute approximate surface area is 132 Å². The molecular weight excluding hydrogens is 280 g/mol. The molecule has 0 saturated carbocycles. The number of ether oxygens (including phenoxy) is 1. The van der Waals surface area contributed by atoms with Crippen molar-refractivity contribution in [2.75, 3.05) is 18.1 Å². The molecular formula is C18H26O2S. The van der Waals surface area contributed by atoms with E-state index in [0.29, 0.717) is 5.92 Å². The Hall–Kier alpha value is -0.510. The van der Waals surface area contributed by atoms with E-state index >= 15 is 0 Å². The third-order valence-corrected chi connectivity index (χ3v) is 6.12. The quantitative estimate of drug-likeness (QED) is 0.894. The van der Waals surface area contributed by atoms with E-state index in [2.05, 4.69) is 32.0 Å². The lowest BCUT2D eigenvalue weighted by Gasteiger charge is -2.44. The first-order valence-corrected chi connectivity index (χ1v) is 9.22. The van der Waals surface area contributed by atoms with E-state index in [9.17, 15) is 5.11 Å². The number of aryl methyl sites for hydroxylation is 2. The van der Waals surface area contributed by atoms with Crippen LogP contribution in [-0.4, -0.2) is 28.8 Å². The van der Waals surface area contributed by atoms with Crippen LogP contribution in [0.4, 0.5) is 0 Å². The molecule has 2 atom stereocenters. The molecule has 3 heteroatoms. The van der Waals surface area contributed by atoms with E-state index in [4.69, 9.17) is 4.74 Å². The fourth-order valence-electron chi connectivity index (χ4n) is 3.76. The molecule has 116 valence electrons. The van der Waals surface area contributed by atoms with Crippen LogP contribution < -0.4 is 0 Å². The molecule has 0 radical (unpaired) electrons. The van der Waals surface area contributed by atoms with Gasteiger partial charge >= 0.3 is 0 Å². The zero-order chi connectivity index (χ0) is 14.9. The summed E-state index contributed by atoms with van der Waals surface area (Å²) < 4.78 is 6.15. The van der Waals surface area contributed by atoms with Crippen molar-refractivity contribution in [3.05, 3.63) is 34.9 Å². The summed E-state index contributed by atoms with van der Waals surface area (Å²) in [5, 5.41) is 10.9. The van der Waals surface area contributed by atoms with Crippen molar-refractivity contribution in [2.45, 2.75) is 51.2 Å². The lowest BCUT2D eigenvalue weighted by molar-refractivity contribution is -0.121. The van der Waals surface area contributed by atoms with Crippen LogP contribution in [0.25, 0.3) is 0 Å². The minimum Gasteiger partial charge on any atom is -0.388 e. The Morgan fingerprint density at radius 3 is 2.81 bits per heavy atom. The van der Waals surface area contributed by atoms with Crippen molar-refractivity contribution in [3.63, 3.8) is 0 Å². The van der Waals surface area contributed by atoms with Crippen molar-refractivity contribution in [1.82, 2.24) is 0 Å². The Bertz CT molecular complexity index is 488. The van der Waals surface area contributed by atoms with E-state index < -0.39 is 0 Å². The SMILES string of the molecule is Cc1ccc(C)c(C(O)C2CCOC3(CCSCC3)C2)c1. The minimum absolute atomic E-state index is 0.0485. The highest BCUT2D eigenvalue weighted by Gasteiger charge is 2.41. The van der Waals surface area contributed by atoms with Crippen LogP contribution in [-0.2, 0) is 4.74 Å². The Balaban J connectivity index is 1.77. The average Bonchev–Trinajstić information content (AvgIpc) is 2.50. The highest BCUT2D eigenvalue weighted by molar-refractivity contribution is 7.99. The first-order valence-electron chi connectivity index (χ1n) is 8.07. The summed E-state index contributed by atoms with van der Waals surface area (Å²) in [6.07, 6.45) is 3.94. The molecule has 0 amide bonds. The molecule has 2 saturated heterocycles. The predicted molar refractivity (Wildman–Crippen MR) is 88.8 cm³/mol. The van der Waals surface area contributed by atoms with Gasteiger partial charge in [-0.25, -0.2) is 0 Å². The van der Waals surface area contributed by atoms with Crippen LogP contribution in [0.15, 0.2) is 18.2 Å². The summed E-state index contributed by atoms with van der Waals surface area (Å²) in [6, 6.07) is 6.40. The lowest BCUT2D eigenvalue weighted by atomic mass is 9.77. The Morgan fingerprint density at radius 2 is 2.05 bits per heavy atom. The second-order valence-corrected chi connectivity index (χ2v) is 7.93. The van der Waals surface area contributed by atoms with Gasteiger partial charge in [-0.1, -0.05) is 23.8 Å². The van der Waals surface area contributed by atoms with Crippen LogP contribution in [0.1, 0.15) is 48.5 Å². The molecule has 1 aromatic rings. The van der Waals surface area contributed by atoms with Gasteiger partial charge in [0.15, 0.2) is 0 Å². The largest absolute Gasteiger partial charge is 0.388 e. The zero-order valence-electron chi connectivity index (χ0n) is 13.1. The molecule has 1 N–H and O–H groups in total. The average molecular weight is 306 g/mol. The first kappa shape index (κ1) is 15.4. The number of hydrogen-bond acceptors (Lipinski definition) is 3. The lowest BCUT2D eigenvalue weighted by Crippen LogP contribution is -2.44. The maximum absolute atomic E-state index is 10.9. The van der Waals surface area contributed by atoms with Crippen LogP contribution >= 0.6 is 11.8 Å². The van der Waals surface area contributed by atoms with Gasteiger partial charge in [0.2, 0.25) is 0 Å². The van der Waals surface area contributed by atoms with Gasteiger partial charge in [0.05, 0.1) is 11.7 Å². The maximum atomic E-state index is 10.9. The summed E-state index contributed by atoms with van der Waals surface area (Å²) in [7, 11) is 0. The van der Waals surface area contributed by atoms with E-state index in [1.165, 1.54) is 22.6 Å². The molecule has 3 rings (SSSR count). The molecule has 2 aliphatic heterocycles. The van der Waals surface area contributed by atoms with Gasteiger partial charge in [0, 0.05) is 6.61 Å². The van der Waals surface area contributed by atoms with Crippen molar-refractivity contribution in [2.24, 2.45) is 5.92 Å². The summed E-state index contributed by atoms with van der Waals surface area (Å²) in [5.41, 5.74) is 3.59. The van der Waals surface area contributed by atoms with Gasteiger partial charge in [-0.2, -0.15) is 11.8 Å². The van der Waals surface area contributed by atoms with E-state index in [0.717, 1.165) is 37.9 Å². The third kappa shape index (κ3) is 3.30. The molecule has 2 nitrogen and oxygen atoms in total. The summed E-state index contributed by atoms with van der Waals surface area (Å²) >= 11 is 2.03. The summed E-state index contributed by atoms with van der Waals surface area (Å²) in [6.45, 7) is 5.00. The van der Waals surface area contributed by atoms with Crippen molar-refractivity contribution in [1.29, 1.82) is 0 Å². The van der Waals surface area contributed by atoms with Crippen LogP contribution in [0.2, 0.25) is 0 Å². The standard InChI is InChI=1S/C18H26O2S/c1-13-3-4-14(2)16(11-13)17(19)15-5-8-20-18(12-15)6-9-21-10-7-18/h3-4,11,15,17,19H,5-10,12H2,1-2H3. The predicted octanol–water partition coefficient (Wildman–Crippen LogP) is 4.03. The number of benzene rings is 1. The molecule has 2 aliphatic rings. The smallest absolute Gasteiger partial charge is 0.0822 e. The monoisotopic (exact) mass is 306 g/mol. The first-order chi connectivity index (χ1) is 10.1. The molecule has 2 heterocycles. The molecule has 21 heavy (non-hydrogen) atoms. The van der Waals surface area contributed by atoms with Gasteiger partial charge in [0.25, 0.3) is 0 Å². The topological polar surface area (TPSA) is 29.5 Å². The zero-order valence-corrected chi connectivity index (χ0v) is 13.9. The molecule has 1 aromatic carbocycles. The molecule has 0 aliphatic carbocycles. The molecule has 2 unspecified atom stereocenters. The van der Waals surface area contributed by atoms with Gasteiger partial charge in [-0.05, 0) is 68.1 Å². The fourth-order valence-corrected chi connectivity index (χ4v) is 5.00. The van der Waals surface area contributed by atoms with Crippen LogP contribution in [0.5, 0.6) is 0 Å². The number of thioether (sulfide) groups is 1. The van der Waals surface area contributed by atoms with Gasteiger partial charge < -0.3 is 9.84 Å². The highest BCUT2D eigenvalue weighted by Crippen LogP contribution is 2.43. The van der Waals surface area contributed by atoms with Gasteiger partial charge in [-0.3, -0.25) is 0 Å². The molecule has 0 aromatic heterocycles. The number of aliphatic hydroxyl groups is 1. The van der Waals surface area contributed by atoms with Gasteiger partial charge in [-0.15, -0.1) is 0 Å². The van der Waals surface area contributed by atoms with Crippen LogP contribution in [0, 0.1) is 19.8 Å².